The molecule has 0 unspecified atom stereocenters. The third-order valence-corrected chi connectivity index (χ3v) is 4.89. The Kier molecular flexibility index (Phi) is 5.53. The molecule has 0 saturated heterocycles. The maximum Gasteiger partial charge on any atom is 0.363 e. The smallest absolute Gasteiger partial charge is 0.363 e. The molecule has 4 nitrogen and oxygen atoms in total. The predicted octanol–water partition coefficient (Wildman–Crippen LogP) is 5.51. The number of rotatable bonds is 5. The third-order valence-electron chi connectivity index (χ3n) is 4.20. The van der Waals surface area contributed by atoms with Crippen LogP contribution in [0.2, 0.25) is 0 Å². The van der Waals surface area contributed by atoms with Gasteiger partial charge < -0.3 is 9.47 Å². The van der Waals surface area contributed by atoms with E-state index < -0.39 is 5.97 Å². The van der Waals surface area contributed by atoms with Gasteiger partial charge in [0.1, 0.15) is 18.2 Å². The first kappa shape index (κ1) is 19.1. The number of halogens is 2. The number of nitrogens with zero attached hydrogens (tertiary/aromatic N) is 1. The Balaban J connectivity index is 1.47. The quantitative estimate of drug-likeness (QED) is 0.379. The zero-order valence-electron chi connectivity index (χ0n) is 15.1. The van der Waals surface area contributed by atoms with Gasteiger partial charge in [-0.15, -0.1) is 0 Å². The van der Waals surface area contributed by atoms with Gasteiger partial charge in [0.25, 0.3) is 0 Å². The largest absolute Gasteiger partial charge is 0.489 e. The summed E-state index contributed by atoms with van der Waals surface area (Å²) in [6, 6.07) is 20.9. The molecule has 0 amide bonds. The molecule has 144 valence electrons. The molecule has 0 fully saturated rings. The lowest BCUT2D eigenvalue weighted by Crippen LogP contribution is -2.05. The minimum absolute atomic E-state index is 0.226. The van der Waals surface area contributed by atoms with E-state index in [0.29, 0.717) is 11.3 Å². The molecule has 3 aromatic rings. The first-order valence-electron chi connectivity index (χ1n) is 8.83. The first-order chi connectivity index (χ1) is 14.1. The third kappa shape index (κ3) is 4.60. The highest BCUT2D eigenvalue weighted by Crippen LogP contribution is 2.24. The number of carbonyl (C=O) groups excluding carboxylic acids is 1. The maximum atomic E-state index is 13.2. The monoisotopic (exact) mass is 451 g/mol. The Bertz CT molecular complexity index is 1120. The van der Waals surface area contributed by atoms with Crippen molar-refractivity contribution in [2.45, 2.75) is 6.61 Å². The molecule has 1 heterocycles. The Hall–Kier alpha value is -3.25. The zero-order valence-corrected chi connectivity index (χ0v) is 16.7. The molecular formula is C23H15BrFNO3. The minimum atomic E-state index is -0.498. The van der Waals surface area contributed by atoms with Crippen molar-refractivity contribution in [2.75, 3.05) is 0 Å². The molecule has 0 atom stereocenters. The van der Waals surface area contributed by atoms with Gasteiger partial charge in [0, 0.05) is 4.47 Å². The van der Waals surface area contributed by atoms with Gasteiger partial charge in [-0.2, -0.15) is 0 Å². The Morgan fingerprint density at radius 1 is 1.03 bits per heavy atom. The molecule has 29 heavy (non-hydrogen) atoms. The number of benzene rings is 3. The van der Waals surface area contributed by atoms with Crippen LogP contribution in [-0.4, -0.2) is 11.9 Å². The van der Waals surface area contributed by atoms with E-state index in [0.717, 1.165) is 15.6 Å². The van der Waals surface area contributed by atoms with Crippen molar-refractivity contribution >= 4 is 33.9 Å². The van der Waals surface area contributed by atoms with Gasteiger partial charge in [-0.3, -0.25) is 0 Å². The van der Waals surface area contributed by atoms with Crippen LogP contribution >= 0.6 is 15.9 Å². The highest BCUT2D eigenvalue weighted by atomic mass is 79.9. The zero-order chi connectivity index (χ0) is 20.2. The van der Waals surface area contributed by atoms with E-state index in [2.05, 4.69) is 20.9 Å². The molecule has 6 heteroatoms. The average molecular weight is 452 g/mol. The number of esters is 1. The number of ether oxygens (including phenoxy) is 2. The summed E-state index contributed by atoms with van der Waals surface area (Å²) >= 11 is 3.43. The Morgan fingerprint density at radius 2 is 1.83 bits per heavy atom. The number of carbonyl (C=O) groups is 1. The van der Waals surface area contributed by atoms with E-state index in [9.17, 15) is 9.18 Å². The van der Waals surface area contributed by atoms with Crippen molar-refractivity contribution in [3.05, 3.63) is 105 Å². The molecule has 0 bridgehead atoms. The fourth-order valence-corrected chi connectivity index (χ4v) is 3.22. The van der Waals surface area contributed by atoms with Crippen molar-refractivity contribution < 1.29 is 18.7 Å². The van der Waals surface area contributed by atoms with Gasteiger partial charge in [0.2, 0.25) is 5.90 Å². The van der Waals surface area contributed by atoms with E-state index in [1.807, 2.05) is 36.4 Å². The van der Waals surface area contributed by atoms with Crippen molar-refractivity contribution in [3.8, 4) is 5.75 Å². The lowest BCUT2D eigenvalue weighted by molar-refractivity contribution is -0.129. The van der Waals surface area contributed by atoms with Crippen LogP contribution in [0.1, 0.15) is 16.7 Å². The van der Waals surface area contributed by atoms with Crippen LogP contribution in [0, 0.1) is 5.82 Å². The average Bonchev–Trinajstić information content (AvgIpc) is 3.08. The molecule has 0 aromatic heterocycles. The van der Waals surface area contributed by atoms with Gasteiger partial charge in [-0.25, -0.2) is 14.2 Å². The van der Waals surface area contributed by atoms with Crippen molar-refractivity contribution in [1.29, 1.82) is 0 Å². The molecule has 0 aliphatic carbocycles. The lowest BCUT2D eigenvalue weighted by Gasteiger charge is -2.06. The van der Waals surface area contributed by atoms with Crippen LogP contribution in [0.15, 0.2) is 88.0 Å². The SMILES string of the molecule is O=C1OC(c2ccccc2Br)=N/C1=C\c1ccc(OCc2cccc(F)c2)cc1. The number of hydrogen-bond donors (Lipinski definition) is 0. The number of cyclic esters (lactones) is 1. The lowest BCUT2D eigenvalue weighted by atomic mass is 10.2. The fraction of sp³-hybridized carbons (Fsp3) is 0.0435. The number of hydrogen-bond acceptors (Lipinski definition) is 4. The predicted molar refractivity (Wildman–Crippen MR) is 112 cm³/mol. The molecule has 0 saturated carbocycles. The molecule has 0 N–H and O–H groups in total. The van der Waals surface area contributed by atoms with E-state index in [-0.39, 0.29) is 24.0 Å². The maximum absolute atomic E-state index is 13.2. The summed E-state index contributed by atoms with van der Waals surface area (Å²) in [6.45, 7) is 0.268. The molecule has 4 rings (SSSR count). The minimum Gasteiger partial charge on any atom is -0.489 e. The van der Waals surface area contributed by atoms with Crippen molar-refractivity contribution in [2.24, 2.45) is 4.99 Å². The second kappa shape index (κ2) is 8.41. The van der Waals surface area contributed by atoms with Crippen LogP contribution in [0.5, 0.6) is 5.75 Å². The summed E-state index contributed by atoms with van der Waals surface area (Å²) in [4.78, 5) is 16.5. The second-order valence-electron chi connectivity index (χ2n) is 6.30. The summed E-state index contributed by atoms with van der Waals surface area (Å²) in [5, 5.41) is 0. The van der Waals surface area contributed by atoms with Gasteiger partial charge >= 0.3 is 5.97 Å². The second-order valence-corrected chi connectivity index (χ2v) is 7.16. The molecule has 1 aliphatic rings. The summed E-state index contributed by atoms with van der Waals surface area (Å²) < 4.78 is 25.0. The van der Waals surface area contributed by atoms with Crippen molar-refractivity contribution in [1.82, 2.24) is 0 Å². The van der Waals surface area contributed by atoms with Crippen LogP contribution in [0.4, 0.5) is 4.39 Å². The summed E-state index contributed by atoms with van der Waals surface area (Å²) in [7, 11) is 0. The molecular weight excluding hydrogens is 437 g/mol. The van der Waals surface area contributed by atoms with Gasteiger partial charge in [0.05, 0.1) is 5.56 Å². The Labute approximate surface area is 175 Å². The van der Waals surface area contributed by atoms with E-state index in [1.165, 1.54) is 12.1 Å². The standard InChI is InChI=1S/C23H15BrFNO3/c24-20-7-2-1-6-19(20)22-26-21(23(27)29-22)13-15-8-10-18(11-9-15)28-14-16-4-3-5-17(25)12-16/h1-13H,14H2/b21-13-. The highest BCUT2D eigenvalue weighted by Gasteiger charge is 2.25. The first-order valence-corrected chi connectivity index (χ1v) is 9.62. The van der Waals surface area contributed by atoms with Gasteiger partial charge in [-0.1, -0.05) is 36.4 Å². The normalized spacial score (nSPS) is 14.6. The highest BCUT2D eigenvalue weighted by molar-refractivity contribution is 9.10. The van der Waals surface area contributed by atoms with Crippen LogP contribution < -0.4 is 4.74 Å². The van der Waals surface area contributed by atoms with Gasteiger partial charge in [0.15, 0.2) is 5.70 Å². The molecule has 1 aliphatic heterocycles. The molecule has 0 radical (unpaired) electrons. The topological polar surface area (TPSA) is 47.9 Å². The fourth-order valence-electron chi connectivity index (χ4n) is 2.77. The van der Waals surface area contributed by atoms with E-state index in [4.69, 9.17) is 9.47 Å². The van der Waals surface area contributed by atoms with Crippen molar-refractivity contribution in [3.63, 3.8) is 0 Å². The van der Waals surface area contributed by atoms with Gasteiger partial charge in [-0.05, 0) is 69.5 Å². The summed E-state index contributed by atoms with van der Waals surface area (Å²) in [5.41, 5.74) is 2.47. The number of aliphatic imine (C=N–C) groups is 1. The van der Waals surface area contributed by atoms with Crippen LogP contribution in [0.3, 0.4) is 0 Å². The Morgan fingerprint density at radius 3 is 2.59 bits per heavy atom. The molecule has 0 spiro atoms. The molecule has 3 aromatic carbocycles. The summed E-state index contributed by atoms with van der Waals surface area (Å²) in [6.07, 6.45) is 1.66. The van der Waals surface area contributed by atoms with Crippen LogP contribution in [-0.2, 0) is 16.1 Å². The summed E-state index contributed by atoms with van der Waals surface area (Å²) in [5.74, 6) is 0.118. The van der Waals surface area contributed by atoms with E-state index >= 15 is 0 Å². The van der Waals surface area contributed by atoms with E-state index in [1.54, 1.807) is 30.3 Å². The van der Waals surface area contributed by atoms with Crippen LogP contribution in [0.25, 0.3) is 6.08 Å².